The second-order valence-corrected chi connectivity index (χ2v) is 6.71. The fourth-order valence-electron chi connectivity index (χ4n) is 2.56. The first-order valence-corrected chi connectivity index (χ1v) is 9.05. The van der Waals surface area contributed by atoms with E-state index in [1.165, 1.54) is 25.4 Å². The number of halogens is 5. The van der Waals surface area contributed by atoms with Gasteiger partial charge in [0.1, 0.15) is 0 Å². The highest BCUT2D eigenvalue weighted by Gasteiger charge is 2.36. The Morgan fingerprint density at radius 1 is 1.03 bits per heavy atom. The monoisotopic (exact) mass is 454 g/mol. The Labute approximate surface area is 180 Å². The normalized spacial score (nSPS) is 10.9. The molecule has 3 N–H and O–H groups in total. The number of rotatable bonds is 6. The molecule has 11 heteroatoms. The van der Waals surface area contributed by atoms with Crippen molar-refractivity contribution in [2.45, 2.75) is 20.0 Å². The van der Waals surface area contributed by atoms with Crippen LogP contribution in [-0.2, 0) is 6.18 Å². The molecule has 0 aliphatic carbocycles. The second-order valence-electron chi connectivity index (χ2n) is 6.71. The molecular weight excluding hydrogens is 435 g/mol. The molecule has 0 aliphatic heterocycles. The van der Waals surface area contributed by atoms with Crippen LogP contribution in [0, 0.1) is 11.6 Å². The summed E-state index contributed by atoms with van der Waals surface area (Å²) in [5.41, 5.74) is -1.44. The number of allylic oxidation sites excluding steroid dienone is 2. The molecule has 170 valence electrons. The van der Waals surface area contributed by atoms with Crippen molar-refractivity contribution in [3.05, 3.63) is 76.6 Å². The number of amides is 2. The van der Waals surface area contributed by atoms with E-state index in [4.69, 9.17) is 0 Å². The topological polar surface area (TPSA) is 83.1 Å². The van der Waals surface area contributed by atoms with Crippen LogP contribution in [-0.4, -0.2) is 23.8 Å². The molecular formula is C21H19F5N4O2. The first kappa shape index (κ1) is 24.5. The maximum Gasteiger partial charge on any atom is 0.419 e. The van der Waals surface area contributed by atoms with Gasteiger partial charge < -0.3 is 16.0 Å². The van der Waals surface area contributed by atoms with Crippen molar-refractivity contribution in [2.75, 3.05) is 17.7 Å². The third-order valence-electron chi connectivity index (χ3n) is 4.22. The molecule has 0 aliphatic rings. The van der Waals surface area contributed by atoms with E-state index in [0.29, 0.717) is 11.8 Å². The highest BCUT2D eigenvalue weighted by Crippen LogP contribution is 2.33. The number of benzene rings is 1. The number of nitrogens with zero attached hydrogens (tertiary/aromatic N) is 1. The summed E-state index contributed by atoms with van der Waals surface area (Å²) in [6.45, 7) is 7.17. The molecule has 0 saturated carbocycles. The lowest BCUT2D eigenvalue weighted by molar-refractivity contribution is -0.140. The molecule has 2 rings (SSSR count). The van der Waals surface area contributed by atoms with Gasteiger partial charge in [0.25, 0.3) is 11.8 Å². The summed E-state index contributed by atoms with van der Waals surface area (Å²) in [5.74, 6) is -5.62. The minimum Gasteiger partial charge on any atom is -0.355 e. The lowest BCUT2D eigenvalue weighted by atomic mass is 10.1. The van der Waals surface area contributed by atoms with Crippen LogP contribution in [0.2, 0.25) is 0 Å². The van der Waals surface area contributed by atoms with E-state index in [1.54, 1.807) is 13.8 Å². The zero-order valence-corrected chi connectivity index (χ0v) is 17.2. The molecule has 32 heavy (non-hydrogen) atoms. The maximum absolute atomic E-state index is 13.7. The van der Waals surface area contributed by atoms with Crippen molar-refractivity contribution in [3.8, 4) is 0 Å². The molecule has 0 unspecified atom stereocenters. The van der Waals surface area contributed by atoms with Gasteiger partial charge in [-0.25, -0.2) is 13.8 Å². The molecule has 1 aromatic heterocycles. The molecule has 0 fully saturated rings. The van der Waals surface area contributed by atoms with Crippen molar-refractivity contribution >= 4 is 23.3 Å². The molecule has 1 heterocycles. The molecule has 1 aromatic carbocycles. The van der Waals surface area contributed by atoms with Crippen molar-refractivity contribution in [2.24, 2.45) is 0 Å². The lowest BCUT2D eigenvalue weighted by Gasteiger charge is -2.16. The van der Waals surface area contributed by atoms with E-state index in [-0.39, 0.29) is 23.1 Å². The van der Waals surface area contributed by atoms with Gasteiger partial charge in [0.2, 0.25) is 0 Å². The summed E-state index contributed by atoms with van der Waals surface area (Å²) in [7, 11) is 1.37. The molecule has 0 saturated heterocycles. The van der Waals surface area contributed by atoms with Gasteiger partial charge in [-0.05, 0) is 38.1 Å². The summed E-state index contributed by atoms with van der Waals surface area (Å²) in [5, 5.41) is 7.53. The zero-order chi connectivity index (χ0) is 24.2. The van der Waals surface area contributed by atoms with Gasteiger partial charge in [-0.3, -0.25) is 9.59 Å². The van der Waals surface area contributed by atoms with Gasteiger partial charge >= 0.3 is 6.18 Å². The number of anilines is 2. The fraction of sp³-hybridized carbons (Fsp3) is 0.190. The molecule has 2 aromatic rings. The average Bonchev–Trinajstić information content (AvgIpc) is 2.72. The van der Waals surface area contributed by atoms with Crippen LogP contribution in [0.25, 0.3) is 0 Å². The summed E-state index contributed by atoms with van der Waals surface area (Å²) in [4.78, 5) is 28.6. The SMILES string of the molecule is C=CC(Nc1ncc(C(=O)NC)cc1NC(=O)c1cc(F)c(F)c(C(F)(F)F)c1)=C(C)C. The highest BCUT2D eigenvalue weighted by atomic mass is 19.4. The number of aromatic nitrogens is 1. The number of pyridine rings is 1. The van der Waals surface area contributed by atoms with E-state index < -0.39 is 40.8 Å². The van der Waals surface area contributed by atoms with Crippen LogP contribution >= 0.6 is 0 Å². The number of hydrogen-bond donors (Lipinski definition) is 3. The number of carbonyl (C=O) groups excluding carboxylic acids is 2. The Morgan fingerprint density at radius 2 is 1.69 bits per heavy atom. The van der Waals surface area contributed by atoms with Crippen LogP contribution in [0.15, 0.2) is 48.3 Å². The highest BCUT2D eigenvalue weighted by molar-refractivity contribution is 6.06. The van der Waals surface area contributed by atoms with E-state index in [2.05, 4.69) is 27.5 Å². The third-order valence-corrected chi connectivity index (χ3v) is 4.22. The quantitative estimate of drug-likeness (QED) is 0.429. The van der Waals surface area contributed by atoms with Crippen LogP contribution in [0.4, 0.5) is 33.5 Å². The summed E-state index contributed by atoms with van der Waals surface area (Å²) in [6.07, 6.45) is -2.53. The van der Waals surface area contributed by atoms with Crippen LogP contribution < -0.4 is 16.0 Å². The van der Waals surface area contributed by atoms with Crippen molar-refractivity contribution in [3.63, 3.8) is 0 Å². The van der Waals surface area contributed by atoms with Gasteiger partial charge in [0.05, 0.1) is 16.8 Å². The van der Waals surface area contributed by atoms with Crippen molar-refractivity contribution < 1.29 is 31.5 Å². The Bertz CT molecular complexity index is 1110. The molecule has 0 atom stereocenters. The molecule has 2 amide bonds. The van der Waals surface area contributed by atoms with Gasteiger partial charge in [-0.1, -0.05) is 12.2 Å². The maximum atomic E-state index is 13.7. The average molecular weight is 454 g/mol. The summed E-state index contributed by atoms with van der Waals surface area (Å²) < 4.78 is 66.2. The molecule has 0 radical (unpaired) electrons. The van der Waals surface area contributed by atoms with E-state index in [1.807, 2.05) is 0 Å². The third kappa shape index (κ3) is 5.48. The predicted molar refractivity (Wildman–Crippen MR) is 109 cm³/mol. The number of nitrogens with one attached hydrogen (secondary N) is 3. The van der Waals surface area contributed by atoms with Gasteiger partial charge in [0.15, 0.2) is 17.5 Å². The lowest BCUT2D eigenvalue weighted by Crippen LogP contribution is -2.20. The number of carbonyl (C=O) groups is 2. The standard InChI is InChI=1S/C21H19F5N4O2/c1-5-15(10(2)3)29-18-16(8-12(9-28-18)19(31)27-4)30-20(32)11-6-13(21(24,25)26)17(23)14(22)7-11/h5-9H,1H2,2-4H3,(H,27,31)(H,28,29)(H,30,32). The van der Waals surface area contributed by atoms with Crippen molar-refractivity contribution in [1.82, 2.24) is 10.3 Å². The van der Waals surface area contributed by atoms with E-state index in [9.17, 15) is 31.5 Å². The molecule has 6 nitrogen and oxygen atoms in total. The van der Waals surface area contributed by atoms with E-state index in [0.717, 1.165) is 5.57 Å². The number of alkyl halides is 3. The van der Waals surface area contributed by atoms with Gasteiger partial charge in [-0.2, -0.15) is 13.2 Å². The van der Waals surface area contributed by atoms with Crippen LogP contribution in [0.5, 0.6) is 0 Å². The Morgan fingerprint density at radius 3 is 2.22 bits per heavy atom. The van der Waals surface area contributed by atoms with Crippen LogP contribution in [0.3, 0.4) is 0 Å². The van der Waals surface area contributed by atoms with E-state index >= 15 is 0 Å². The molecule has 0 spiro atoms. The van der Waals surface area contributed by atoms with Crippen LogP contribution in [0.1, 0.15) is 40.1 Å². The minimum atomic E-state index is -5.21. The first-order chi connectivity index (χ1) is 14.9. The zero-order valence-electron chi connectivity index (χ0n) is 17.2. The van der Waals surface area contributed by atoms with Crippen molar-refractivity contribution in [1.29, 1.82) is 0 Å². The Balaban J connectivity index is 2.53. The fourth-order valence-corrected chi connectivity index (χ4v) is 2.56. The summed E-state index contributed by atoms with van der Waals surface area (Å²) >= 11 is 0. The largest absolute Gasteiger partial charge is 0.419 e. The van der Waals surface area contributed by atoms with Gasteiger partial charge in [0, 0.05) is 24.5 Å². The Hall–Kier alpha value is -3.76. The molecule has 0 bridgehead atoms. The second kappa shape index (κ2) is 9.58. The summed E-state index contributed by atoms with van der Waals surface area (Å²) in [6, 6.07) is 1.76. The van der Waals surface area contributed by atoms with Gasteiger partial charge in [-0.15, -0.1) is 0 Å². The smallest absolute Gasteiger partial charge is 0.355 e. The number of hydrogen-bond acceptors (Lipinski definition) is 4. The Kier molecular flexibility index (Phi) is 7.34. The minimum absolute atomic E-state index is 0.0342. The predicted octanol–water partition coefficient (Wildman–Crippen LogP) is 4.88. The first-order valence-electron chi connectivity index (χ1n) is 9.05.